The molecule has 164 valence electrons. The average Bonchev–Trinajstić information content (AvgIpc) is 2.70. The highest BCUT2D eigenvalue weighted by Gasteiger charge is 2.25. The summed E-state index contributed by atoms with van der Waals surface area (Å²) in [6, 6.07) is 11.5. The van der Waals surface area contributed by atoms with Gasteiger partial charge in [-0.1, -0.05) is 56.1 Å². The molecule has 0 aliphatic rings. The minimum absolute atomic E-state index is 0.125. The molecule has 0 unspecified atom stereocenters. The summed E-state index contributed by atoms with van der Waals surface area (Å²) in [5.41, 5.74) is 1.70. The zero-order chi connectivity index (χ0) is 22.3. The molecular weight excluding hydrogens is 447 g/mol. The summed E-state index contributed by atoms with van der Waals surface area (Å²) in [6.07, 6.45) is 0.384. The average molecular weight is 474 g/mol. The lowest BCUT2D eigenvalue weighted by Crippen LogP contribution is -2.25. The largest absolute Gasteiger partial charge is 0.492 e. The molecule has 7 heteroatoms. The summed E-state index contributed by atoms with van der Waals surface area (Å²) in [7, 11) is 0. The Labute approximate surface area is 193 Å². The Hall–Kier alpha value is -1.62. The molecule has 0 aliphatic carbocycles. The first-order valence-corrected chi connectivity index (χ1v) is 11.1. The lowest BCUT2D eigenvalue weighted by atomic mass is 9.78. The predicted octanol–water partition coefficient (Wildman–Crippen LogP) is 6.66. The van der Waals surface area contributed by atoms with Crippen molar-refractivity contribution < 1.29 is 19.0 Å². The Balaban J connectivity index is 2.17. The molecule has 2 aromatic rings. The quantitative estimate of drug-likeness (QED) is 0.286. The summed E-state index contributed by atoms with van der Waals surface area (Å²) >= 11 is 18.7. The number of ether oxygens (including phenoxy) is 3. The van der Waals surface area contributed by atoms with Crippen molar-refractivity contribution in [2.24, 2.45) is 0 Å². The van der Waals surface area contributed by atoms with Gasteiger partial charge >= 0.3 is 5.97 Å². The SMILES string of the molecule is CCCOc1ccc(C(C)(C)c2ccc(OC[C@H](CCl)OC(C)=O)c(Cl)c2)cc1Cl. The summed E-state index contributed by atoms with van der Waals surface area (Å²) < 4.78 is 16.4. The van der Waals surface area contributed by atoms with Crippen LogP contribution in [0.25, 0.3) is 0 Å². The van der Waals surface area contributed by atoms with Crippen molar-refractivity contribution in [2.75, 3.05) is 19.1 Å². The van der Waals surface area contributed by atoms with Gasteiger partial charge < -0.3 is 14.2 Å². The van der Waals surface area contributed by atoms with Gasteiger partial charge in [0.15, 0.2) is 0 Å². The molecule has 0 aromatic heterocycles. The van der Waals surface area contributed by atoms with E-state index >= 15 is 0 Å². The molecule has 0 heterocycles. The first kappa shape index (κ1) is 24.6. The number of hydrogen-bond acceptors (Lipinski definition) is 4. The van der Waals surface area contributed by atoms with Crippen LogP contribution in [0.1, 0.15) is 45.2 Å². The smallest absolute Gasteiger partial charge is 0.303 e. The number of alkyl halides is 1. The molecule has 0 saturated heterocycles. The van der Waals surface area contributed by atoms with Gasteiger partial charge in [-0.25, -0.2) is 0 Å². The number of carbonyl (C=O) groups is 1. The van der Waals surface area contributed by atoms with Crippen LogP contribution in [-0.2, 0) is 14.9 Å². The molecule has 0 N–H and O–H groups in total. The normalized spacial score (nSPS) is 12.4. The Kier molecular flexibility index (Phi) is 9.14. The second-order valence-electron chi connectivity index (χ2n) is 7.46. The van der Waals surface area contributed by atoms with E-state index in [-0.39, 0.29) is 17.9 Å². The molecule has 0 bridgehead atoms. The Morgan fingerprint density at radius 1 is 1.00 bits per heavy atom. The van der Waals surface area contributed by atoms with Crippen LogP contribution < -0.4 is 9.47 Å². The fraction of sp³-hybridized carbons (Fsp3) is 0.435. The maximum atomic E-state index is 11.1. The Bertz CT molecular complexity index is 868. The van der Waals surface area contributed by atoms with Crippen LogP contribution in [0.15, 0.2) is 36.4 Å². The third-order valence-electron chi connectivity index (χ3n) is 4.70. The molecular formula is C23H27Cl3O4. The van der Waals surface area contributed by atoms with Crippen molar-refractivity contribution in [3.8, 4) is 11.5 Å². The Morgan fingerprint density at radius 3 is 1.97 bits per heavy atom. The van der Waals surface area contributed by atoms with Crippen LogP contribution in [0.2, 0.25) is 10.0 Å². The van der Waals surface area contributed by atoms with Crippen molar-refractivity contribution in [1.82, 2.24) is 0 Å². The van der Waals surface area contributed by atoms with Gasteiger partial charge in [0.25, 0.3) is 0 Å². The Morgan fingerprint density at radius 2 is 1.53 bits per heavy atom. The van der Waals surface area contributed by atoms with Gasteiger partial charge in [0.05, 0.1) is 22.5 Å². The maximum Gasteiger partial charge on any atom is 0.303 e. The van der Waals surface area contributed by atoms with Crippen LogP contribution in [0.3, 0.4) is 0 Å². The fourth-order valence-corrected chi connectivity index (χ4v) is 3.54. The fourth-order valence-electron chi connectivity index (χ4n) is 2.92. The lowest BCUT2D eigenvalue weighted by Gasteiger charge is -2.27. The topological polar surface area (TPSA) is 44.8 Å². The molecule has 0 amide bonds. The number of benzene rings is 2. The van der Waals surface area contributed by atoms with Crippen molar-refractivity contribution in [2.45, 2.75) is 45.6 Å². The van der Waals surface area contributed by atoms with Crippen molar-refractivity contribution in [1.29, 1.82) is 0 Å². The van der Waals surface area contributed by atoms with Gasteiger partial charge in [0, 0.05) is 12.3 Å². The number of hydrogen-bond donors (Lipinski definition) is 0. The molecule has 2 aromatic carbocycles. The van der Waals surface area contributed by atoms with Gasteiger partial charge in [-0.05, 0) is 41.8 Å². The highest BCUT2D eigenvalue weighted by Crippen LogP contribution is 2.38. The summed E-state index contributed by atoms with van der Waals surface area (Å²) in [5.74, 6) is 0.916. The lowest BCUT2D eigenvalue weighted by molar-refractivity contribution is -0.146. The van der Waals surface area contributed by atoms with E-state index in [0.29, 0.717) is 28.2 Å². The second-order valence-corrected chi connectivity index (χ2v) is 8.58. The van der Waals surface area contributed by atoms with E-state index in [2.05, 4.69) is 20.8 Å². The summed E-state index contributed by atoms with van der Waals surface area (Å²) in [4.78, 5) is 11.1. The van der Waals surface area contributed by atoms with Gasteiger partial charge in [0.2, 0.25) is 0 Å². The van der Waals surface area contributed by atoms with E-state index in [1.54, 1.807) is 6.07 Å². The predicted molar refractivity (Wildman–Crippen MR) is 123 cm³/mol. The molecule has 2 rings (SSSR count). The first-order chi connectivity index (χ1) is 14.2. The molecule has 0 fully saturated rings. The standard InChI is InChI=1S/C23H27Cl3O4/c1-5-10-28-21-8-6-16(11-19(21)25)23(3,4)17-7-9-22(20(26)12-17)29-14-18(13-24)30-15(2)27/h6-9,11-12,18H,5,10,13-14H2,1-4H3/t18-/m0/s1. The minimum Gasteiger partial charge on any atom is -0.492 e. The van der Waals surface area contributed by atoms with Crippen molar-refractivity contribution in [3.63, 3.8) is 0 Å². The zero-order valence-electron chi connectivity index (χ0n) is 17.6. The van der Waals surface area contributed by atoms with Crippen molar-refractivity contribution >= 4 is 40.8 Å². The molecule has 0 aliphatic heterocycles. The number of carbonyl (C=O) groups excluding carboxylic acids is 1. The molecule has 0 saturated carbocycles. The van der Waals surface area contributed by atoms with E-state index in [4.69, 9.17) is 49.0 Å². The van der Waals surface area contributed by atoms with Gasteiger partial charge in [0.1, 0.15) is 24.2 Å². The number of rotatable bonds is 10. The van der Waals surface area contributed by atoms with Gasteiger partial charge in [-0.3, -0.25) is 4.79 Å². The van der Waals surface area contributed by atoms with Crippen molar-refractivity contribution in [3.05, 3.63) is 57.6 Å². The first-order valence-electron chi connectivity index (χ1n) is 9.77. The van der Waals surface area contributed by atoms with E-state index in [1.165, 1.54) is 6.92 Å². The van der Waals surface area contributed by atoms with Gasteiger partial charge in [-0.15, -0.1) is 11.6 Å². The zero-order valence-corrected chi connectivity index (χ0v) is 19.9. The summed E-state index contributed by atoms with van der Waals surface area (Å²) in [5, 5.41) is 1.04. The third kappa shape index (κ3) is 6.44. The van der Waals surface area contributed by atoms with Crippen LogP contribution in [0.5, 0.6) is 11.5 Å². The summed E-state index contributed by atoms with van der Waals surface area (Å²) in [6.45, 7) is 8.33. The van der Waals surface area contributed by atoms with Crippen LogP contribution in [0.4, 0.5) is 0 Å². The molecule has 4 nitrogen and oxygen atoms in total. The molecule has 0 radical (unpaired) electrons. The minimum atomic E-state index is -0.535. The third-order valence-corrected chi connectivity index (χ3v) is 5.63. The molecule has 0 spiro atoms. The molecule has 1 atom stereocenters. The van der Waals surface area contributed by atoms with E-state index in [1.807, 2.05) is 30.3 Å². The van der Waals surface area contributed by atoms with Crippen LogP contribution >= 0.6 is 34.8 Å². The van der Waals surface area contributed by atoms with Crippen LogP contribution in [0, 0.1) is 0 Å². The highest BCUT2D eigenvalue weighted by atomic mass is 35.5. The number of esters is 1. The molecule has 30 heavy (non-hydrogen) atoms. The van der Waals surface area contributed by atoms with Crippen LogP contribution in [-0.4, -0.2) is 31.2 Å². The van der Waals surface area contributed by atoms with E-state index in [0.717, 1.165) is 17.5 Å². The maximum absolute atomic E-state index is 11.1. The van der Waals surface area contributed by atoms with Gasteiger partial charge in [-0.2, -0.15) is 0 Å². The second kappa shape index (κ2) is 11.1. The highest BCUT2D eigenvalue weighted by molar-refractivity contribution is 6.32. The van der Waals surface area contributed by atoms with E-state index in [9.17, 15) is 4.79 Å². The monoisotopic (exact) mass is 472 g/mol. The number of halogens is 3. The van der Waals surface area contributed by atoms with E-state index < -0.39 is 12.1 Å².